The molecule has 0 bridgehead atoms. The van der Waals surface area contributed by atoms with Gasteiger partial charge in [0.25, 0.3) is 5.91 Å². The van der Waals surface area contributed by atoms with Crippen LogP contribution in [0.5, 0.6) is 0 Å². The molecule has 15 nitrogen and oxygen atoms in total. The van der Waals surface area contributed by atoms with E-state index in [1.807, 2.05) is 60.7 Å². The minimum atomic E-state index is -1.40. The third-order valence-corrected chi connectivity index (χ3v) is 10.5. The second-order valence-electron chi connectivity index (χ2n) is 12.6. The van der Waals surface area contributed by atoms with Crippen molar-refractivity contribution in [1.82, 2.24) is 25.3 Å². The van der Waals surface area contributed by atoms with Crippen LogP contribution in [-0.2, 0) is 38.2 Å². The smallest absolute Gasteiger partial charge is 0.356 e. The number of imide groups is 1. The van der Waals surface area contributed by atoms with E-state index in [4.69, 9.17) is 15.2 Å². The maximum absolute atomic E-state index is 14.1. The van der Waals surface area contributed by atoms with Gasteiger partial charge in [-0.25, -0.2) is 9.59 Å². The molecule has 2 fully saturated rings. The van der Waals surface area contributed by atoms with Gasteiger partial charge in [0.15, 0.2) is 6.10 Å². The number of ether oxygens (including phenoxy) is 2. The molecule has 2 saturated heterocycles. The van der Waals surface area contributed by atoms with E-state index >= 15 is 0 Å². The molecule has 280 valence electrons. The van der Waals surface area contributed by atoms with Gasteiger partial charge in [-0.05, 0) is 35.7 Å². The number of likely N-dealkylation sites (N-methyl/N-ethyl adjacent to an activating group) is 1. The molecule has 0 aromatic heterocycles. The van der Waals surface area contributed by atoms with E-state index in [1.54, 1.807) is 6.92 Å². The van der Waals surface area contributed by atoms with Crippen molar-refractivity contribution in [1.29, 1.82) is 0 Å². The second kappa shape index (κ2) is 16.2. The van der Waals surface area contributed by atoms with E-state index in [0.29, 0.717) is 34.5 Å². The van der Waals surface area contributed by atoms with Crippen LogP contribution < -0.4 is 16.4 Å². The molecule has 4 N–H and O–H groups in total. The van der Waals surface area contributed by atoms with E-state index in [9.17, 15) is 33.6 Å². The number of nitrogens with zero attached hydrogens (tertiary/aromatic N) is 3. The van der Waals surface area contributed by atoms with Crippen molar-refractivity contribution in [3.8, 4) is 0 Å². The molecule has 0 unspecified atom stereocenters. The average Bonchev–Trinajstić information content (AvgIpc) is 3.18. The standard InChI is InChI=1S/C38H38N6O9S/c1-3-42-18-19-43(35(49)34(42)48)38(51)41-28(23-14-16-27(39)17-15-23)32(46)40-29-33(47)44-30(26(20-52-22(2)45)21-54-36(29)44)37(50)53-31(24-10-6-4-7-11-24)25-12-8-5-9-13-25/h4-17,28-29,31,36H,3,18-21,39H2,1-2H3,(H,40,46)(H,41,51)/t28-,29-,36+/m1/s1. The molecule has 3 heterocycles. The molecule has 0 radical (unpaired) electrons. The van der Waals surface area contributed by atoms with E-state index in [2.05, 4.69) is 10.6 Å². The van der Waals surface area contributed by atoms with Gasteiger partial charge in [-0.15, -0.1) is 11.8 Å². The lowest BCUT2D eigenvalue weighted by Gasteiger charge is -2.50. The van der Waals surface area contributed by atoms with Crippen molar-refractivity contribution in [3.05, 3.63) is 113 Å². The minimum Gasteiger partial charge on any atom is -0.461 e. The van der Waals surface area contributed by atoms with Crippen LogP contribution >= 0.6 is 11.8 Å². The Kier molecular flexibility index (Phi) is 11.3. The summed E-state index contributed by atoms with van der Waals surface area (Å²) < 4.78 is 11.4. The summed E-state index contributed by atoms with van der Waals surface area (Å²) >= 11 is 1.24. The number of nitrogens with two attached hydrogens (primary N) is 1. The predicted molar refractivity (Wildman–Crippen MR) is 196 cm³/mol. The molecule has 16 heteroatoms. The van der Waals surface area contributed by atoms with Crippen molar-refractivity contribution in [3.63, 3.8) is 0 Å². The molecule has 0 spiro atoms. The predicted octanol–water partition coefficient (Wildman–Crippen LogP) is 2.26. The number of esters is 2. The van der Waals surface area contributed by atoms with E-state index in [0.717, 1.165) is 4.90 Å². The number of nitrogen functional groups attached to an aromatic ring is 1. The summed E-state index contributed by atoms with van der Waals surface area (Å²) in [4.78, 5) is 95.7. The van der Waals surface area contributed by atoms with Crippen LogP contribution in [0.15, 0.2) is 96.2 Å². The number of fused-ring (bicyclic) bond motifs is 1. The zero-order chi connectivity index (χ0) is 38.5. The fraction of sp³-hybridized carbons (Fsp3) is 0.289. The van der Waals surface area contributed by atoms with Crippen molar-refractivity contribution in [2.75, 3.05) is 37.7 Å². The molecule has 54 heavy (non-hydrogen) atoms. The highest BCUT2D eigenvalue weighted by Crippen LogP contribution is 2.42. The molecular weight excluding hydrogens is 717 g/mol. The molecular formula is C38H38N6O9S. The normalized spacial score (nSPS) is 18.8. The van der Waals surface area contributed by atoms with Gasteiger partial charge in [-0.3, -0.25) is 33.8 Å². The molecule has 0 aliphatic carbocycles. The Bertz CT molecular complexity index is 1950. The monoisotopic (exact) mass is 754 g/mol. The Hall–Kier alpha value is -6.16. The number of rotatable bonds is 11. The number of amides is 6. The van der Waals surface area contributed by atoms with Crippen molar-refractivity contribution >= 4 is 59.0 Å². The Morgan fingerprint density at radius 1 is 0.870 bits per heavy atom. The fourth-order valence-corrected chi connectivity index (χ4v) is 7.64. The van der Waals surface area contributed by atoms with Crippen LogP contribution in [-0.4, -0.2) is 99.7 Å². The number of urea groups is 1. The Morgan fingerprint density at radius 2 is 1.50 bits per heavy atom. The molecule has 6 amide bonds. The number of carbonyl (C=O) groups is 7. The maximum Gasteiger partial charge on any atom is 0.356 e. The summed E-state index contributed by atoms with van der Waals surface area (Å²) in [5, 5.41) is 4.48. The first kappa shape index (κ1) is 37.6. The first-order valence-electron chi connectivity index (χ1n) is 17.2. The van der Waals surface area contributed by atoms with Gasteiger partial charge in [0.05, 0.1) is 0 Å². The average molecular weight is 755 g/mol. The van der Waals surface area contributed by atoms with Gasteiger partial charge in [-0.2, -0.15) is 0 Å². The van der Waals surface area contributed by atoms with Crippen LogP contribution in [0.1, 0.15) is 42.7 Å². The molecule has 3 aromatic carbocycles. The number of hydrogen-bond donors (Lipinski definition) is 3. The SMILES string of the molecule is CCN1CCN(C(=O)N[C@@H](C(=O)N[C@@H]2C(=O)N3C(C(=O)OC(c4ccccc4)c4ccccc4)=C(COC(C)=O)CS[C@@H]23)c2ccc(N)cc2)C(=O)C1=O. The van der Waals surface area contributed by atoms with Crippen LogP contribution in [0.4, 0.5) is 10.5 Å². The highest BCUT2D eigenvalue weighted by molar-refractivity contribution is 8.00. The summed E-state index contributed by atoms with van der Waals surface area (Å²) in [6, 6.07) is 20.7. The van der Waals surface area contributed by atoms with Gasteiger partial charge in [0.1, 0.15) is 29.8 Å². The number of benzene rings is 3. The van der Waals surface area contributed by atoms with Crippen LogP contribution in [0.25, 0.3) is 0 Å². The number of carbonyl (C=O) groups excluding carboxylic acids is 7. The lowest BCUT2D eigenvalue weighted by Crippen LogP contribution is -2.71. The minimum absolute atomic E-state index is 0.0780. The summed E-state index contributed by atoms with van der Waals surface area (Å²) in [5.74, 6) is -4.53. The third kappa shape index (κ3) is 7.78. The van der Waals surface area contributed by atoms with E-state index in [-0.39, 0.29) is 31.1 Å². The highest BCUT2D eigenvalue weighted by atomic mass is 32.2. The fourth-order valence-electron chi connectivity index (χ4n) is 6.32. The quantitative estimate of drug-likeness (QED) is 0.112. The van der Waals surface area contributed by atoms with E-state index in [1.165, 1.54) is 52.8 Å². The third-order valence-electron chi connectivity index (χ3n) is 9.15. The second-order valence-corrected chi connectivity index (χ2v) is 13.7. The van der Waals surface area contributed by atoms with Gasteiger partial charge in [0.2, 0.25) is 5.91 Å². The summed E-state index contributed by atoms with van der Waals surface area (Å²) in [5.41, 5.74) is 8.18. The number of nitrogens with one attached hydrogen (secondary N) is 2. The van der Waals surface area contributed by atoms with E-state index < -0.39 is 65.2 Å². The molecule has 3 aromatic rings. The zero-order valence-electron chi connectivity index (χ0n) is 29.4. The molecule has 6 rings (SSSR count). The lowest BCUT2D eigenvalue weighted by atomic mass is 10.00. The first-order valence-corrected chi connectivity index (χ1v) is 18.2. The van der Waals surface area contributed by atoms with Crippen molar-refractivity contribution in [2.45, 2.75) is 37.4 Å². The number of piperazine rings is 1. The topological polar surface area (TPSA) is 198 Å². The Morgan fingerprint density at radius 3 is 2.09 bits per heavy atom. The van der Waals surface area contributed by atoms with Crippen LogP contribution in [0.3, 0.4) is 0 Å². The number of β-lactam (4-membered cyclic amide) rings is 1. The molecule has 3 aliphatic heterocycles. The summed E-state index contributed by atoms with van der Waals surface area (Å²) in [6.45, 7) is 3.03. The van der Waals surface area contributed by atoms with Crippen molar-refractivity contribution < 1.29 is 43.0 Å². The molecule has 3 atom stereocenters. The van der Waals surface area contributed by atoms with Gasteiger partial charge >= 0.3 is 29.8 Å². The number of thioether (sulfide) groups is 1. The van der Waals surface area contributed by atoms with Gasteiger partial charge in [0, 0.05) is 43.6 Å². The zero-order valence-corrected chi connectivity index (χ0v) is 30.2. The van der Waals surface area contributed by atoms with Gasteiger partial charge in [-0.1, -0.05) is 72.8 Å². The Labute approximate surface area is 314 Å². The van der Waals surface area contributed by atoms with Crippen LogP contribution in [0.2, 0.25) is 0 Å². The van der Waals surface area contributed by atoms with Crippen molar-refractivity contribution in [2.24, 2.45) is 0 Å². The van der Waals surface area contributed by atoms with Crippen LogP contribution in [0, 0.1) is 0 Å². The molecule has 3 aliphatic rings. The number of hydrogen-bond acceptors (Lipinski definition) is 11. The van der Waals surface area contributed by atoms with Gasteiger partial charge < -0.3 is 30.7 Å². The summed E-state index contributed by atoms with van der Waals surface area (Å²) in [7, 11) is 0. The first-order chi connectivity index (χ1) is 26.0. The maximum atomic E-state index is 14.1. The lowest BCUT2D eigenvalue weighted by molar-refractivity contribution is -0.155. The highest BCUT2D eigenvalue weighted by Gasteiger charge is 2.55. The number of anilines is 1. The molecule has 0 saturated carbocycles. The largest absolute Gasteiger partial charge is 0.461 e. The Balaban J connectivity index is 1.24. The summed E-state index contributed by atoms with van der Waals surface area (Å²) in [6.07, 6.45) is -0.835.